The van der Waals surface area contributed by atoms with E-state index in [0.29, 0.717) is 0 Å². The van der Waals surface area contributed by atoms with Crippen LogP contribution in [0.25, 0.3) is 10.8 Å². The van der Waals surface area contributed by atoms with Crippen molar-refractivity contribution in [2.45, 2.75) is 10.8 Å². The number of pyridine rings is 1. The summed E-state index contributed by atoms with van der Waals surface area (Å²) in [6.45, 7) is 0. The lowest BCUT2D eigenvalue weighted by atomic mass is 10.1. The van der Waals surface area contributed by atoms with E-state index in [-0.39, 0.29) is 0 Å². The minimum Gasteiger partial charge on any atom is -0.397 e. The van der Waals surface area contributed by atoms with Crippen molar-refractivity contribution in [1.29, 1.82) is 0 Å². The summed E-state index contributed by atoms with van der Waals surface area (Å²) in [5.41, 5.74) is 7.97. The fourth-order valence-corrected chi connectivity index (χ4v) is 3.00. The second kappa shape index (κ2) is 5.33. The summed E-state index contributed by atoms with van der Waals surface area (Å²) in [5, 5.41) is 3.47. The Labute approximate surface area is 116 Å². The van der Waals surface area contributed by atoms with Gasteiger partial charge < -0.3 is 5.73 Å². The van der Waals surface area contributed by atoms with E-state index in [1.165, 1.54) is 16.3 Å². The second-order valence-electron chi connectivity index (χ2n) is 4.32. The molecule has 0 fully saturated rings. The van der Waals surface area contributed by atoms with Crippen LogP contribution in [0.1, 0.15) is 5.56 Å². The number of nitrogen functional groups attached to an aromatic ring is 1. The van der Waals surface area contributed by atoms with Crippen LogP contribution < -0.4 is 5.73 Å². The van der Waals surface area contributed by atoms with Crippen molar-refractivity contribution in [3.05, 3.63) is 66.4 Å². The van der Waals surface area contributed by atoms with Crippen LogP contribution in [0, 0.1) is 0 Å². The zero-order chi connectivity index (χ0) is 13.1. The molecule has 3 rings (SSSR count). The topological polar surface area (TPSA) is 38.9 Å². The molecule has 0 radical (unpaired) electrons. The summed E-state index contributed by atoms with van der Waals surface area (Å²) in [6, 6.07) is 18.6. The Balaban J connectivity index is 1.88. The third-order valence-corrected chi connectivity index (χ3v) is 4.11. The van der Waals surface area contributed by atoms with Gasteiger partial charge in [-0.25, -0.2) is 4.98 Å². The molecule has 0 unspecified atom stereocenters. The summed E-state index contributed by atoms with van der Waals surface area (Å²) < 4.78 is 0. The second-order valence-corrected chi connectivity index (χ2v) is 5.29. The lowest BCUT2D eigenvalue weighted by Crippen LogP contribution is -1.91. The van der Waals surface area contributed by atoms with E-state index in [9.17, 15) is 0 Å². The monoisotopic (exact) mass is 266 g/mol. The molecule has 0 aliphatic rings. The fraction of sp³-hybridized carbons (Fsp3) is 0.0625. The minimum atomic E-state index is 0.743. The molecule has 0 atom stereocenters. The van der Waals surface area contributed by atoms with Gasteiger partial charge in [0.25, 0.3) is 0 Å². The van der Waals surface area contributed by atoms with E-state index in [1.807, 2.05) is 12.1 Å². The van der Waals surface area contributed by atoms with Crippen molar-refractivity contribution in [3.63, 3.8) is 0 Å². The molecular formula is C16H14N2S. The molecule has 2 nitrogen and oxygen atoms in total. The van der Waals surface area contributed by atoms with Crippen molar-refractivity contribution in [3.8, 4) is 0 Å². The van der Waals surface area contributed by atoms with Crippen LogP contribution in [0.15, 0.2) is 65.8 Å². The number of hydrogen-bond donors (Lipinski definition) is 1. The molecule has 0 saturated carbocycles. The van der Waals surface area contributed by atoms with Crippen molar-refractivity contribution >= 4 is 28.2 Å². The van der Waals surface area contributed by atoms with Crippen molar-refractivity contribution in [2.24, 2.45) is 0 Å². The van der Waals surface area contributed by atoms with Gasteiger partial charge in [0.2, 0.25) is 0 Å². The maximum atomic E-state index is 5.91. The number of rotatable bonds is 3. The number of benzene rings is 2. The molecule has 0 aliphatic carbocycles. The van der Waals surface area contributed by atoms with Crippen molar-refractivity contribution < 1.29 is 0 Å². The van der Waals surface area contributed by atoms with Gasteiger partial charge in [0.15, 0.2) is 0 Å². The Bertz CT molecular complexity index is 704. The largest absolute Gasteiger partial charge is 0.397 e. The lowest BCUT2D eigenvalue weighted by Gasteiger charge is -2.07. The van der Waals surface area contributed by atoms with Gasteiger partial charge in [-0.05, 0) is 28.5 Å². The zero-order valence-electron chi connectivity index (χ0n) is 10.4. The summed E-state index contributed by atoms with van der Waals surface area (Å²) in [4.78, 5) is 4.31. The molecule has 0 bridgehead atoms. The predicted molar refractivity (Wildman–Crippen MR) is 82.2 cm³/mol. The van der Waals surface area contributed by atoms with Crippen LogP contribution in [0.4, 0.5) is 5.69 Å². The first kappa shape index (κ1) is 12.1. The van der Waals surface area contributed by atoms with Gasteiger partial charge in [-0.15, -0.1) is 0 Å². The molecule has 0 saturated heterocycles. The molecule has 94 valence electrons. The van der Waals surface area contributed by atoms with Crippen LogP contribution in [0.5, 0.6) is 0 Å². The highest BCUT2D eigenvalue weighted by Crippen LogP contribution is 2.28. The lowest BCUT2D eigenvalue weighted by molar-refractivity contribution is 1.14. The number of thioether (sulfide) groups is 1. The van der Waals surface area contributed by atoms with E-state index in [4.69, 9.17) is 5.73 Å². The molecule has 0 amide bonds. The summed E-state index contributed by atoms with van der Waals surface area (Å²) >= 11 is 1.68. The van der Waals surface area contributed by atoms with Gasteiger partial charge in [0.05, 0.1) is 5.69 Å². The first-order valence-corrected chi connectivity index (χ1v) is 7.13. The number of anilines is 1. The van der Waals surface area contributed by atoms with Gasteiger partial charge in [-0.1, -0.05) is 54.2 Å². The Morgan fingerprint density at radius 1 is 0.947 bits per heavy atom. The molecule has 2 aromatic carbocycles. The summed E-state index contributed by atoms with van der Waals surface area (Å²) in [6.07, 6.45) is 1.78. The first-order chi connectivity index (χ1) is 9.34. The Morgan fingerprint density at radius 3 is 2.68 bits per heavy atom. The molecule has 1 heterocycles. The van der Waals surface area contributed by atoms with Crippen molar-refractivity contribution in [1.82, 2.24) is 4.98 Å². The molecule has 2 N–H and O–H groups in total. The van der Waals surface area contributed by atoms with Gasteiger partial charge >= 0.3 is 0 Å². The fourth-order valence-electron chi connectivity index (χ4n) is 2.09. The zero-order valence-corrected chi connectivity index (χ0v) is 11.2. The van der Waals surface area contributed by atoms with Gasteiger partial charge in [-0.3, -0.25) is 0 Å². The highest BCUT2D eigenvalue weighted by Gasteiger charge is 2.04. The molecule has 0 spiro atoms. The smallest absolute Gasteiger partial charge is 0.119 e. The van der Waals surface area contributed by atoms with Gasteiger partial charge in [0, 0.05) is 11.9 Å². The van der Waals surface area contributed by atoms with E-state index in [1.54, 1.807) is 18.0 Å². The van der Waals surface area contributed by atoms with Crippen LogP contribution in [0.3, 0.4) is 0 Å². The molecule has 3 aromatic rings. The highest BCUT2D eigenvalue weighted by atomic mass is 32.2. The molecule has 0 aliphatic heterocycles. The van der Waals surface area contributed by atoms with Gasteiger partial charge in [0.1, 0.15) is 5.03 Å². The molecule has 1 aromatic heterocycles. The van der Waals surface area contributed by atoms with E-state index in [0.717, 1.165) is 16.5 Å². The van der Waals surface area contributed by atoms with Gasteiger partial charge in [-0.2, -0.15) is 0 Å². The van der Waals surface area contributed by atoms with E-state index < -0.39 is 0 Å². The standard InChI is InChI=1S/C16H14N2S/c17-15-9-4-10-18-16(15)19-11-13-7-3-6-12-5-1-2-8-14(12)13/h1-10H,11,17H2. The quantitative estimate of drug-likeness (QED) is 0.725. The normalized spacial score (nSPS) is 10.7. The third-order valence-electron chi connectivity index (χ3n) is 3.04. The average molecular weight is 266 g/mol. The van der Waals surface area contributed by atoms with E-state index >= 15 is 0 Å². The van der Waals surface area contributed by atoms with Crippen molar-refractivity contribution in [2.75, 3.05) is 5.73 Å². The maximum Gasteiger partial charge on any atom is 0.119 e. The number of hydrogen-bond acceptors (Lipinski definition) is 3. The minimum absolute atomic E-state index is 0.743. The molecule has 3 heteroatoms. The third kappa shape index (κ3) is 2.56. The first-order valence-electron chi connectivity index (χ1n) is 6.14. The summed E-state index contributed by atoms with van der Waals surface area (Å²) in [7, 11) is 0. The van der Waals surface area contributed by atoms with Crippen LogP contribution >= 0.6 is 11.8 Å². The average Bonchev–Trinajstić information content (AvgIpc) is 2.46. The Morgan fingerprint density at radius 2 is 1.79 bits per heavy atom. The van der Waals surface area contributed by atoms with Crippen LogP contribution in [-0.2, 0) is 5.75 Å². The Hall–Kier alpha value is -2.00. The number of nitrogens with zero attached hydrogens (tertiary/aromatic N) is 1. The summed E-state index contributed by atoms with van der Waals surface area (Å²) in [5.74, 6) is 0.878. The SMILES string of the molecule is Nc1cccnc1SCc1cccc2ccccc12. The van der Waals surface area contributed by atoms with Crippen LogP contribution in [-0.4, -0.2) is 4.98 Å². The number of nitrogens with two attached hydrogens (primary N) is 1. The predicted octanol–water partition coefficient (Wildman–Crippen LogP) is 4.11. The number of aromatic nitrogens is 1. The van der Waals surface area contributed by atoms with Crippen LogP contribution in [0.2, 0.25) is 0 Å². The molecule has 19 heavy (non-hydrogen) atoms. The van der Waals surface area contributed by atoms with E-state index in [2.05, 4.69) is 47.4 Å². The number of fused-ring (bicyclic) bond motifs is 1. The molecular weight excluding hydrogens is 252 g/mol. The highest BCUT2D eigenvalue weighted by molar-refractivity contribution is 7.98. The maximum absolute atomic E-state index is 5.91. The Kier molecular flexibility index (Phi) is 3.38.